The number of nitrogens with two attached hydrogens (primary N) is 1. The highest BCUT2D eigenvalue weighted by Gasteiger charge is 2.11. The van der Waals surface area contributed by atoms with E-state index >= 15 is 0 Å². The van der Waals surface area contributed by atoms with Gasteiger partial charge in [-0.3, -0.25) is 4.79 Å². The van der Waals surface area contributed by atoms with Crippen molar-refractivity contribution in [2.45, 2.75) is 12.5 Å². The van der Waals surface area contributed by atoms with E-state index in [0.29, 0.717) is 22.3 Å². The number of halogens is 1. The Morgan fingerprint density at radius 3 is 2.61 bits per heavy atom. The maximum absolute atomic E-state index is 11.8. The number of benzene rings is 1. The van der Waals surface area contributed by atoms with Crippen LogP contribution in [0.2, 0.25) is 5.02 Å². The van der Waals surface area contributed by atoms with Crippen LogP contribution >= 0.6 is 11.6 Å². The van der Waals surface area contributed by atoms with Crippen LogP contribution in [0.4, 0.5) is 5.69 Å². The highest BCUT2D eigenvalue weighted by atomic mass is 35.5. The van der Waals surface area contributed by atoms with Gasteiger partial charge in [0.25, 0.3) is 0 Å². The lowest BCUT2D eigenvalue weighted by molar-refractivity contribution is -0.118. The fraction of sp³-hybridized carbons (Fsp3) is 0.250. The summed E-state index contributed by atoms with van der Waals surface area (Å²) in [6, 6.07) is 10.3. The minimum absolute atomic E-state index is 0.185. The average Bonchev–Trinajstić information content (AvgIpc) is 2.56. The van der Waals surface area contributed by atoms with E-state index in [1.165, 1.54) is 13.3 Å². The number of nitrogens with one attached hydrogen (secondary N) is 1. The molecule has 122 valence electrons. The van der Waals surface area contributed by atoms with Crippen molar-refractivity contribution in [2.24, 2.45) is 5.73 Å². The molecule has 0 fully saturated rings. The summed E-state index contributed by atoms with van der Waals surface area (Å²) in [5.41, 5.74) is 6.06. The number of hydrogen-bond acceptors (Lipinski definition) is 5. The van der Waals surface area contributed by atoms with Crippen molar-refractivity contribution >= 4 is 23.2 Å². The molecule has 2 rings (SSSR count). The molecule has 0 saturated carbocycles. The number of ether oxygens (including phenoxy) is 2. The molecule has 6 nitrogen and oxygen atoms in total. The first kappa shape index (κ1) is 17.2. The van der Waals surface area contributed by atoms with Gasteiger partial charge in [0, 0.05) is 24.7 Å². The van der Waals surface area contributed by atoms with Crippen molar-refractivity contribution in [1.29, 1.82) is 0 Å². The zero-order valence-corrected chi connectivity index (χ0v) is 13.4. The van der Waals surface area contributed by atoms with Crippen LogP contribution in [0.1, 0.15) is 6.42 Å². The van der Waals surface area contributed by atoms with Gasteiger partial charge < -0.3 is 20.5 Å². The third-order valence-electron chi connectivity index (χ3n) is 3.07. The van der Waals surface area contributed by atoms with Crippen molar-refractivity contribution in [3.8, 4) is 11.6 Å². The van der Waals surface area contributed by atoms with Gasteiger partial charge in [-0.25, -0.2) is 4.98 Å². The second-order valence-electron chi connectivity index (χ2n) is 4.79. The molecule has 3 N–H and O–H groups in total. The second kappa shape index (κ2) is 8.47. The van der Waals surface area contributed by atoms with E-state index in [1.807, 2.05) is 0 Å². The van der Waals surface area contributed by atoms with Crippen LogP contribution in [0.3, 0.4) is 0 Å². The van der Waals surface area contributed by atoms with Gasteiger partial charge in [0.05, 0.1) is 24.4 Å². The van der Waals surface area contributed by atoms with Crippen LogP contribution in [0.5, 0.6) is 11.6 Å². The van der Waals surface area contributed by atoms with E-state index in [2.05, 4.69) is 10.3 Å². The number of pyridine rings is 1. The fourth-order valence-electron chi connectivity index (χ4n) is 1.82. The Morgan fingerprint density at radius 1 is 1.30 bits per heavy atom. The molecule has 0 spiro atoms. The molecule has 0 bridgehead atoms. The Bertz CT molecular complexity index is 628. The fourth-order valence-corrected chi connectivity index (χ4v) is 1.95. The molecule has 1 unspecified atom stereocenters. The van der Waals surface area contributed by atoms with E-state index in [9.17, 15) is 4.79 Å². The number of carbonyl (C=O) groups is 1. The molecule has 1 atom stereocenters. The molecular weight excluding hydrogens is 318 g/mol. The molecule has 1 heterocycles. The van der Waals surface area contributed by atoms with Gasteiger partial charge in [-0.15, -0.1) is 0 Å². The summed E-state index contributed by atoms with van der Waals surface area (Å²) in [5, 5.41) is 3.36. The van der Waals surface area contributed by atoms with Gasteiger partial charge in [-0.05, 0) is 30.3 Å². The van der Waals surface area contributed by atoms with Gasteiger partial charge in [-0.1, -0.05) is 11.6 Å². The van der Waals surface area contributed by atoms with E-state index in [0.717, 1.165) is 0 Å². The third-order valence-corrected chi connectivity index (χ3v) is 3.32. The summed E-state index contributed by atoms with van der Waals surface area (Å²) in [6.45, 7) is 0.288. The molecule has 0 aliphatic heterocycles. The quantitative estimate of drug-likeness (QED) is 0.812. The second-order valence-corrected chi connectivity index (χ2v) is 5.22. The van der Waals surface area contributed by atoms with Crippen LogP contribution in [0.15, 0.2) is 42.6 Å². The Labute approximate surface area is 139 Å². The van der Waals surface area contributed by atoms with Crippen molar-refractivity contribution in [2.75, 3.05) is 19.0 Å². The minimum atomic E-state index is -0.296. The normalized spacial score (nSPS) is 11.8. The Kier molecular flexibility index (Phi) is 6.34. The van der Waals surface area contributed by atoms with Crippen LogP contribution in [0, 0.1) is 0 Å². The SMILES string of the molecule is COC(CN)CC(=O)Nc1ccc(Oc2ccc(Cl)cc2)nc1. The van der Waals surface area contributed by atoms with Crippen LogP contribution in [-0.4, -0.2) is 30.6 Å². The number of amides is 1. The first-order chi connectivity index (χ1) is 11.1. The van der Waals surface area contributed by atoms with Crippen molar-refractivity contribution in [3.63, 3.8) is 0 Å². The van der Waals surface area contributed by atoms with Crippen molar-refractivity contribution < 1.29 is 14.3 Å². The van der Waals surface area contributed by atoms with Gasteiger partial charge in [-0.2, -0.15) is 0 Å². The van der Waals surface area contributed by atoms with E-state index in [-0.39, 0.29) is 25.0 Å². The number of rotatable bonds is 7. The lowest BCUT2D eigenvalue weighted by Gasteiger charge is -2.12. The van der Waals surface area contributed by atoms with Crippen LogP contribution in [0.25, 0.3) is 0 Å². The molecule has 1 aromatic carbocycles. The van der Waals surface area contributed by atoms with Crippen molar-refractivity contribution in [1.82, 2.24) is 4.98 Å². The number of anilines is 1. The molecule has 1 aromatic heterocycles. The summed E-state index contributed by atoms with van der Waals surface area (Å²) in [5.74, 6) is 0.863. The number of carbonyl (C=O) groups excluding carboxylic acids is 1. The summed E-state index contributed by atoms with van der Waals surface area (Å²) in [4.78, 5) is 16.0. The van der Waals surface area contributed by atoms with Gasteiger partial charge in [0.15, 0.2) is 0 Å². The molecular formula is C16H18ClN3O3. The summed E-state index contributed by atoms with van der Waals surface area (Å²) < 4.78 is 10.6. The molecule has 23 heavy (non-hydrogen) atoms. The highest BCUT2D eigenvalue weighted by molar-refractivity contribution is 6.30. The number of methoxy groups -OCH3 is 1. The lowest BCUT2D eigenvalue weighted by atomic mass is 10.2. The zero-order chi connectivity index (χ0) is 16.7. The molecule has 2 aromatic rings. The smallest absolute Gasteiger partial charge is 0.227 e. The lowest BCUT2D eigenvalue weighted by Crippen LogP contribution is -2.28. The van der Waals surface area contributed by atoms with E-state index in [1.54, 1.807) is 36.4 Å². The molecule has 0 aliphatic carbocycles. The third kappa shape index (κ3) is 5.52. The topological polar surface area (TPSA) is 86.5 Å². The molecule has 1 amide bonds. The average molecular weight is 336 g/mol. The Hall–Kier alpha value is -2.15. The maximum atomic E-state index is 11.8. The molecule has 7 heteroatoms. The standard InChI is InChI=1S/C16H18ClN3O3/c1-22-14(9-18)8-15(21)20-12-4-7-16(19-10-12)23-13-5-2-11(17)3-6-13/h2-7,10,14H,8-9,18H2,1H3,(H,20,21). The zero-order valence-electron chi connectivity index (χ0n) is 12.7. The minimum Gasteiger partial charge on any atom is -0.439 e. The first-order valence-corrected chi connectivity index (χ1v) is 7.40. The number of nitrogens with zero attached hydrogens (tertiary/aromatic N) is 1. The van der Waals surface area contributed by atoms with E-state index < -0.39 is 0 Å². The molecule has 0 saturated heterocycles. The Morgan fingerprint density at radius 2 is 2.04 bits per heavy atom. The predicted octanol–water partition coefficient (Wildman–Crippen LogP) is 2.83. The van der Waals surface area contributed by atoms with Crippen molar-refractivity contribution in [3.05, 3.63) is 47.6 Å². The van der Waals surface area contributed by atoms with Gasteiger partial charge in [0.1, 0.15) is 5.75 Å². The monoisotopic (exact) mass is 335 g/mol. The summed E-state index contributed by atoms with van der Waals surface area (Å²) >= 11 is 5.81. The van der Waals surface area contributed by atoms with Gasteiger partial charge >= 0.3 is 0 Å². The Balaban J connectivity index is 1.91. The first-order valence-electron chi connectivity index (χ1n) is 7.03. The molecule has 0 radical (unpaired) electrons. The van der Waals surface area contributed by atoms with Crippen LogP contribution < -0.4 is 15.8 Å². The van der Waals surface area contributed by atoms with E-state index in [4.69, 9.17) is 26.8 Å². The number of aromatic nitrogens is 1. The van der Waals surface area contributed by atoms with Crippen LogP contribution in [-0.2, 0) is 9.53 Å². The molecule has 0 aliphatic rings. The summed E-state index contributed by atoms with van der Waals surface area (Å²) in [6.07, 6.45) is 1.42. The predicted molar refractivity (Wildman–Crippen MR) is 88.9 cm³/mol. The maximum Gasteiger partial charge on any atom is 0.227 e. The summed E-state index contributed by atoms with van der Waals surface area (Å²) in [7, 11) is 1.52. The largest absolute Gasteiger partial charge is 0.439 e. The number of hydrogen-bond donors (Lipinski definition) is 2. The van der Waals surface area contributed by atoms with Gasteiger partial charge in [0.2, 0.25) is 11.8 Å². The highest BCUT2D eigenvalue weighted by Crippen LogP contribution is 2.22.